The molecule has 6 rings (SSSR count). The van der Waals surface area contributed by atoms with E-state index in [1.807, 2.05) is 0 Å². The molecule has 1 saturated heterocycles. The van der Waals surface area contributed by atoms with E-state index in [4.69, 9.17) is 23.2 Å². The molecule has 0 aromatic heterocycles. The largest absolute Gasteiger partial charge is 0.303 e. The van der Waals surface area contributed by atoms with Gasteiger partial charge in [0.1, 0.15) is 0 Å². The highest BCUT2D eigenvalue weighted by Crippen LogP contribution is 2.58. The lowest BCUT2D eigenvalue weighted by atomic mass is 9.59. The van der Waals surface area contributed by atoms with Crippen molar-refractivity contribution in [1.29, 1.82) is 0 Å². The average Bonchev–Trinajstić information content (AvgIpc) is 2.63. The van der Waals surface area contributed by atoms with E-state index in [1.54, 1.807) is 0 Å². The second-order valence-corrected chi connectivity index (χ2v) is 8.69. The Morgan fingerprint density at radius 2 is 1.44 bits per heavy atom. The summed E-state index contributed by atoms with van der Waals surface area (Å²) in [6.07, 6.45) is 5.30. The van der Waals surface area contributed by atoms with Crippen LogP contribution < -0.4 is 0 Å². The van der Waals surface area contributed by atoms with E-state index in [0.717, 1.165) is 10.0 Å². The molecule has 1 aliphatic heterocycles. The number of benzene rings is 2. The van der Waals surface area contributed by atoms with Crippen molar-refractivity contribution >= 4 is 23.2 Å². The van der Waals surface area contributed by atoms with Gasteiger partial charge in [-0.3, -0.25) is 0 Å². The van der Waals surface area contributed by atoms with Crippen molar-refractivity contribution < 1.29 is 0 Å². The van der Waals surface area contributed by atoms with Crippen LogP contribution in [0.4, 0.5) is 0 Å². The molecule has 3 heteroatoms. The molecule has 1 heterocycles. The molecule has 0 amide bonds. The molecular weight excluding hydrogens is 349 g/mol. The molecule has 130 valence electrons. The fraction of sp³-hybridized carbons (Fsp3) is 0.455. The minimum Gasteiger partial charge on any atom is -0.303 e. The maximum atomic E-state index is 6.71. The maximum absolute atomic E-state index is 6.71. The number of nitrogens with zero attached hydrogens (tertiary/aromatic N) is 1. The van der Waals surface area contributed by atoms with Gasteiger partial charge in [-0.15, -0.1) is 0 Å². The number of fused-ring (bicyclic) bond motifs is 1. The zero-order valence-electron chi connectivity index (χ0n) is 14.3. The van der Waals surface area contributed by atoms with E-state index >= 15 is 0 Å². The van der Waals surface area contributed by atoms with Crippen molar-refractivity contribution in [1.82, 2.24) is 4.90 Å². The number of piperidine rings is 1. The SMILES string of the molecule is Clc1cccc2c1C1c3c(Cl)cccc3C2CC1CN1CCCCC1. The Morgan fingerprint density at radius 3 is 2.04 bits per heavy atom. The molecule has 2 bridgehead atoms. The van der Waals surface area contributed by atoms with Crippen molar-refractivity contribution in [2.45, 2.75) is 37.5 Å². The van der Waals surface area contributed by atoms with Crippen LogP contribution in [-0.4, -0.2) is 24.5 Å². The van der Waals surface area contributed by atoms with Crippen LogP contribution in [0.25, 0.3) is 0 Å². The minimum absolute atomic E-state index is 0.347. The average molecular weight is 372 g/mol. The second-order valence-electron chi connectivity index (χ2n) is 7.87. The minimum atomic E-state index is 0.347. The highest BCUT2D eigenvalue weighted by molar-refractivity contribution is 6.32. The van der Waals surface area contributed by atoms with Crippen molar-refractivity contribution in [2.24, 2.45) is 5.92 Å². The normalized spacial score (nSPS) is 27.8. The quantitative estimate of drug-likeness (QED) is 0.618. The third-order valence-corrected chi connectivity index (χ3v) is 7.16. The standard InChI is InChI=1S/C22H23Cl2N/c23-18-8-4-6-15-17-12-14(13-25-10-2-1-3-11-25)20(21(15)18)22-16(17)7-5-9-19(22)24/h4-9,14,17,20H,1-3,10-13H2. The van der Waals surface area contributed by atoms with Gasteiger partial charge in [0.05, 0.1) is 0 Å². The molecule has 0 N–H and O–H groups in total. The fourth-order valence-corrected chi connectivity index (χ4v) is 6.10. The molecular formula is C22H23Cl2N. The first-order valence-corrected chi connectivity index (χ1v) is 10.3. The molecule has 3 aliphatic carbocycles. The van der Waals surface area contributed by atoms with E-state index < -0.39 is 0 Å². The van der Waals surface area contributed by atoms with Crippen LogP contribution in [0.1, 0.15) is 59.8 Å². The lowest BCUT2D eigenvalue weighted by Crippen LogP contribution is -2.41. The van der Waals surface area contributed by atoms with Gasteiger partial charge >= 0.3 is 0 Å². The van der Waals surface area contributed by atoms with E-state index in [2.05, 4.69) is 41.3 Å². The Hall–Kier alpha value is -1.02. The topological polar surface area (TPSA) is 3.24 Å². The fourth-order valence-electron chi connectivity index (χ4n) is 5.50. The molecule has 1 nitrogen and oxygen atoms in total. The van der Waals surface area contributed by atoms with Gasteiger partial charge in [0, 0.05) is 28.4 Å². The Balaban J connectivity index is 1.61. The first-order valence-electron chi connectivity index (χ1n) is 9.53. The van der Waals surface area contributed by atoms with Crippen LogP contribution in [0.2, 0.25) is 10.0 Å². The van der Waals surface area contributed by atoms with Crippen LogP contribution in [0.3, 0.4) is 0 Å². The number of rotatable bonds is 2. The molecule has 4 aliphatic rings. The van der Waals surface area contributed by atoms with Gasteiger partial charge in [-0.1, -0.05) is 53.9 Å². The monoisotopic (exact) mass is 371 g/mol. The second kappa shape index (κ2) is 6.30. The zero-order chi connectivity index (χ0) is 17.0. The van der Waals surface area contributed by atoms with Crippen molar-refractivity contribution in [2.75, 3.05) is 19.6 Å². The number of likely N-dealkylation sites (tertiary alicyclic amines) is 1. The smallest absolute Gasteiger partial charge is 0.0447 e. The predicted molar refractivity (Wildman–Crippen MR) is 105 cm³/mol. The van der Waals surface area contributed by atoms with Gasteiger partial charge in [-0.2, -0.15) is 0 Å². The van der Waals surface area contributed by atoms with Crippen molar-refractivity contribution in [3.8, 4) is 0 Å². The molecule has 0 radical (unpaired) electrons. The van der Waals surface area contributed by atoms with Gasteiger partial charge in [0.15, 0.2) is 0 Å². The molecule has 1 atom stereocenters. The van der Waals surface area contributed by atoms with Crippen molar-refractivity contribution in [3.63, 3.8) is 0 Å². The Morgan fingerprint density at radius 1 is 0.840 bits per heavy atom. The summed E-state index contributed by atoms with van der Waals surface area (Å²) in [5.74, 6) is 1.41. The van der Waals surface area contributed by atoms with Crippen LogP contribution in [-0.2, 0) is 0 Å². The maximum Gasteiger partial charge on any atom is 0.0447 e. The number of hydrogen-bond donors (Lipinski definition) is 0. The summed E-state index contributed by atoms with van der Waals surface area (Å²) < 4.78 is 0. The Kier molecular flexibility index (Phi) is 4.08. The summed E-state index contributed by atoms with van der Waals surface area (Å²) in [5.41, 5.74) is 5.57. The summed E-state index contributed by atoms with van der Waals surface area (Å²) >= 11 is 13.4. The first-order chi connectivity index (χ1) is 12.2. The van der Waals surface area contributed by atoms with E-state index in [1.165, 1.54) is 67.6 Å². The molecule has 1 unspecified atom stereocenters. The van der Waals surface area contributed by atoms with E-state index in [-0.39, 0.29) is 0 Å². The summed E-state index contributed by atoms with van der Waals surface area (Å²) in [6, 6.07) is 12.9. The van der Waals surface area contributed by atoms with Gasteiger partial charge in [-0.05, 0) is 72.7 Å². The summed E-state index contributed by atoms with van der Waals surface area (Å²) in [5, 5.41) is 1.84. The lowest BCUT2D eigenvalue weighted by Gasteiger charge is -2.48. The third-order valence-electron chi connectivity index (χ3n) is 6.50. The molecule has 25 heavy (non-hydrogen) atoms. The molecule has 0 spiro atoms. The molecule has 2 aromatic rings. The zero-order valence-corrected chi connectivity index (χ0v) is 15.9. The highest BCUT2D eigenvalue weighted by Gasteiger charge is 2.45. The van der Waals surface area contributed by atoms with E-state index in [9.17, 15) is 0 Å². The molecule has 1 fully saturated rings. The number of hydrogen-bond acceptors (Lipinski definition) is 1. The highest BCUT2D eigenvalue weighted by atomic mass is 35.5. The van der Waals surface area contributed by atoms with Gasteiger partial charge in [0.25, 0.3) is 0 Å². The van der Waals surface area contributed by atoms with E-state index in [0.29, 0.717) is 17.8 Å². The predicted octanol–water partition coefficient (Wildman–Crippen LogP) is 6.08. The Labute approximate surface area is 159 Å². The van der Waals surface area contributed by atoms with Gasteiger partial charge < -0.3 is 4.90 Å². The van der Waals surface area contributed by atoms with Crippen LogP contribution in [0.15, 0.2) is 36.4 Å². The number of halogens is 2. The van der Waals surface area contributed by atoms with Gasteiger partial charge in [-0.25, -0.2) is 0 Å². The third kappa shape index (κ3) is 2.55. The summed E-state index contributed by atoms with van der Waals surface area (Å²) in [7, 11) is 0. The molecule has 2 aromatic carbocycles. The summed E-state index contributed by atoms with van der Waals surface area (Å²) in [6.45, 7) is 3.67. The Bertz CT molecular complexity index is 756. The van der Waals surface area contributed by atoms with Crippen LogP contribution in [0, 0.1) is 5.92 Å². The van der Waals surface area contributed by atoms with Crippen molar-refractivity contribution in [3.05, 3.63) is 68.7 Å². The molecule has 0 saturated carbocycles. The van der Waals surface area contributed by atoms with Gasteiger partial charge in [0.2, 0.25) is 0 Å². The van der Waals surface area contributed by atoms with Crippen LogP contribution >= 0.6 is 23.2 Å². The summed E-state index contributed by atoms with van der Waals surface area (Å²) in [4.78, 5) is 2.67. The van der Waals surface area contributed by atoms with Crippen LogP contribution in [0.5, 0.6) is 0 Å². The first kappa shape index (κ1) is 16.2. The lowest BCUT2D eigenvalue weighted by molar-refractivity contribution is 0.171.